The highest BCUT2D eigenvalue weighted by Crippen LogP contribution is 2.28. The molecule has 0 atom stereocenters. The maximum absolute atomic E-state index is 13.0. The normalized spacial score (nSPS) is 17.5. The van der Waals surface area contributed by atoms with Gasteiger partial charge in [0.1, 0.15) is 17.5 Å². The van der Waals surface area contributed by atoms with Crippen LogP contribution in [0.5, 0.6) is 0 Å². The fraction of sp³-hybridized carbons (Fsp3) is 0.500. The van der Waals surface area contributed by atoms with Crippen LogP contribution < -0.4 is 5.32 Å². The average Bonchev–Trinajstić information content (AvgIpc) is 3.08. The summed E-state index contributed by atoms with van der Waals surface area (Å²) in [4.78, 5) is 14.4. The molecule has 6 nitrogen and oxygen atoms in total. The van der Waals surface area contributed by atoms with Crippen LogP contribution in [0.2, 0.25) is 0 Å². The van der Waals surface area contributed by atoms with Crippen molar-refractivity contribution >= 4 is 18.3 Å². The summed E-state index contributed by atoms with van der Waals surface area (Å²) in [7, 11) is 0. The lowest BCUT2D eigenvalue weighted by molar-refractivity contribution is -0.131. The van der Waals surface area contributed by atoms with Crippen molar-refractivity contribution in [3.63, 3.8) is 0 Å². The van der Waals surface area contributed by atoms with Crippen LogP contribution in [-0.2, 0) is 24.3 Å². The number of carbonyl (C=O) groups is 1. The number of nitrogens with one attached hydrogen (secondary N) is 1. The quantitative estimate of drug-likeness (QED) is 0.884. The summed E-state index contributed by atoms with van der Waals surface area (Å²) < 4.78 is 15.2. The number of carbonyl (C=O) groups excluding carboxylic acids is 1. The van der Waals surface area contributed by atoms with Crippen LogP contribution in [0.15, 0.2) is 24.3 Å². The number of fused-ring (bicyclic) bond motifs is 1. The molecular formula is C18H23ClFN5O. The van der Waals surface area contributed by atoms with E-state index in [0.717, 1.165) is 62.8 Å². The average molecular weight is 380 g/mol. The minimum atomic E-state index is -0.274. The van der Waals surface area contributed by atoms with Gasteiger partial charge in [-0.15, -0.1) is 22.6 Å². The molecule has 0 saturated carbocycles. The van der Waals surface area contributed by atoms with Gasteiger partial charge in [0.2, 0.25) is 5.91 Å². The van der Waals surface area contributed by atoms with Gasteiger partial charge in [-0.05, 0) is 30.5 Å². The molecule has 0 unspecified atom stereocenters. The molecule has 1 fully saturated rings. The third-order valence-corrected chi connectivity index (χ3v) is 5.13. The van der Waals surface area contributed by atoms with Crippen LogP contribution >= 0.6 is 12.4 Å². The first-order valence-corrected chi connectivity index (χ1v) is 8.85. The number of nitrogens with zero attached hydrogens (tertiary/aromatic N) is 4. The van der Waals surface area contributed by atoms with E-state index < -0.39 is 0 Å². The van der Waals surface area contributed by atoms with E-state index in [4.69, 9.17) is 0 Å². The predicted molar refractivity (Wildman–Crippen MR) is 97.6 cm³/mol. The molecule has 4 rings (SSSR count). The maximum Gasteiger partial charge on any atom is 0.226 e. The molecule has 26 heavy (non-hydrogen) atoms. The van der Waals surface area contributed by atoms with E-state index in [1.54, 1.807) is 12.1 Å². The van der Waals surface area contributed by atoms with Crippen molar-refractivity contribution in [1.29, 1.82) is 0 Å². The first kappa shape index (κ1) is 18.8. The molecule has 3 heterocycles. The maximum atomic E-state index is 13.0. The van der Waals surface area contributed by atoms with Crippen molar-refractivity contribution in [2.75, 3.05) is 19.6 Å². The Morgan fingerprint density at radius 2 is 1.88 bits per heavy atom. The van der Waals surface area contributed by atoms with Gasteiger partial charge in [-0.1, -0.05) is 12.1 Å². The number of hydrogen-bond donors (Lipinski definition) is 1. The number of hydrogen-bond acceptors (Lipinski definition) is 4. The lowest BCUT2D eigenvalue weighted by Crippen LogP contribution is -2.39. The summed E-state index contributed by atoms with van der Waals surface area (Å²) in [6, 6.07) is 6.16. The Hall–Kier alpha value is -1.99. The Kier molecular flexibility index (Phi) is 5.88. The van der Waals surface area contributed by atoms with Crippen LogP contribution in [0.1, 0.15) is 36.0 Å². The summed E-state index contributed by atoms with van der Waals surface area (Å²) in [5.41, 5.74) is 0.854. The second kappa shape index (κ2) is 8.14. The summed E-state index contributed by atoms with van der Waals surface area (Å²) in [5, 5.41) is 12.0. The molecular weight excluding hydrogens is 357 g/mol. The second-order valence-electron chi connectivity index (χ2n) is 6.76. The van der Waals surface area contributed by atoms with Crippen molar-refractivity contribution in [3.05, 3.63) is 47.3 Å². The summed E-state index contributed by atoms with van der Waals surface area (Å²) >= 11 is 0. The van der Waals surface area contributed by atoms with E-state index in [-0.39, 0.29) is 24.1 Å². The van der Waals surface area contributed by atoms with Crippen LogP contribution in [0.25, 0.3) is 0 Å². The van der Waals surface area contributed by atoms with Gasteiger partial charge in [-0.25, -0.2) is 4.39 Å². The fourth-order valence-electron chi connectivity index (χ4n) is 3.69. The smallest absolute Gasteiger partial charge is 0.226 e. The molecule has 0 spiro atoms. The van der Waals surface area contributed by atoms with Gasteiger partial charge in [0.25, 0.3) is 0 Å². The fourth-order valence-corrected chi connectivity index (χ4v) is 3.69. The van der Waals surface area contributed by atoms with Gasteiger partial charge in [-0.2, -0.15) is 0 Å². The van der Waals surface area contributed by atoms with E-state index in [1.807, 2.05) is 4.90 Å². The van der Waals surface area contributed by atoms with Crippen LogP contribution in [-0.4, -0.2) is 45.2 Å². The Balaban J connectivity index is 0.00000196. The second-order valence-corrected chi connectivity index (χ2v) is 6.76. The molecule has 2 aromatic rings. The van der Waals surface area contributed by atoms with E-state index in [2.05, 4.69) is 20.1 Å². The number of halogens is 2. The van der Waals surface area contributed by atoms with E-state index in [9.17, 15) is 9.18 Å². The Morgan fingerprint density at radius 3 is 2.62 bits per heavy atom. The van der Waals surface area contributed by atoms with Gasteiger partial charge in [-0.3, -0.25) is 4.79 Å². The molecule has 1 aromatic carbocycles. The van der Waals surface area contributed by atoms with Crippen LogP contribution in [0.3, 0.4) is 0 Å². The van der Waals surface area contributed by atoms with Gasteiger partial charge in [0.15, 0.2) is 0 Å². The minimum absolute atomic E-state index is 0. The highest BCUT2D eigenvalue weighted by Gasteiger charge is 2.28. The number of likely N-dealkylation sites (tertiary alicyclic amines) is 1. The molecule has 0 aliphatic carbocycles. The lowest BCUT2D eigenvalue weighted by atomic mass is 9.95. The predicted octanol–water partition coefficient (Wildman–Crippen LogP) is 1.89. The van der Waals surface area contributed by atoms with E-state index >= 15 is 0 Å². The zero-order valence-electron chi connectivity index (χ0n) is 14.5. The Labute approximate surface area is 158 Å². The molecule has 1 amide bonds. The summed E-state index contributed by atoms with van der Waals surface area (Å²) in [5.74, 6) is 2.29. The first-order chi connectivity index (χ1) is 12.2. The highest BCUT2D eigenvalue weighted by atomic mass is 35.5. The molecule has 0 bridgehead atoms. The summed E-state index contributed by atoms with van der Waals surface area (Å²) in [6.45, 7) is 4.13. The minimum Gasteiger partial charge on any atom is -0.342 e. The third-order valence-electron chi connectivity index (χ3n) is 5.13. The van der Waals surface area contributed by atoms with Gasteiger partial charge in [0.05, 0.1) is 13.0 Å². The van der Waals surface area contributed by atoms with Crippen LogP contribution in [0, 0.1) is 5.82 Å². The van der Waals surface area contributed by atoms with Crippen molar-refractivity contribution in [3.8, 4) is 0 Å². The lowest BCUT2D eigenvalue weighted by Gasteiger charge is -2.32. The number of amides is 1. The largest absolute Gasteiger partial charge is 0.342 e. The Morgan fingerprint density at radius 1 is 1.15 bits per heavy atom. The van der Waals surface area contributed by atoms with Crippen molar-refractivity contribution in [2.24, 2.45) is 0 Å². The molecule has 1 aromatic heterocycles. The monoisotopic (exact) mass is 379 g/mol. The highest BCUT2D eigenvalue weighted by molar-refractivity contribution is 5.85. The standard InChI is InChI=1S/C18H22FN5O.ClH/c19-15-3-1-13(2-4-15)11-17(25)23-8-5-14(6-9-23)18-22-21-16-12-20-7-10-24(16)18;/h1-4,14,20H,5-12H2;1H. The van der Waals surface area contributed by atoms with Gasteiger partial charge in [0, 0.05) is 32.1 Å². The zero-order valence-corrected chi connectivity index (χ0v) is 15.3. The number of piperidine rings is 1. The van der Waals surface area contributed by atoms with Gasteiger partial charge >= 0.3 is 0 Å². The van der Waals surface area contributed by atoms with Crippen molar-refractivity contribution < 1.29 is 9.18 Å². The number of rotatable bonds is 3. The molecule has 1 N–H and O–H groups in total. The number of aromatic nitrogens is 3. The molecule has 8 heteroatoms. The first-order valence-electron chi connectivity index (χ1n) is 8.85. The van der Waals surface area contributed by atoms with Gasteiger partial charge < -0.3 is 14.8 Å². The van der Waals surface area contributed by atoms with E-state index in [1.165, 1.54) is 12.1 Å². The molecule has 2 aliphatic rings. The van der Waals surface area contributed by atoms with Crippen LogP contribution in [0.4, 0.5) is 4.39 Å². The topological polar surface area (TPSA) is 63.1 Å². The summed E-state index contributed by atoms with van der Waals surface area (Å²) in [6.07, 6.45) is 2.17. The molecule has 2 aliphatic heterocycles. The molecule has 140 valence electrons. The zero-order chi connectivity index (χ0) is 17.2. The number of benzene rings is 1. The van der Waals surface area contributed by atoms with Crippen molar-refractivity contribution in [1.82, 2.24) is 25.0 Å². The van der Waals surface area contributed by atoms with Crippen molar-refractivity contribution in [2.45, 2.75) is 38.3 Å². The molecule has 0 radical (unpaired) electrons. The SMILES string of the molecule is Cl.O=C(Cc1ccc(F)cc1)N1CCC(c2nnc3n2CCNC3)CC1. The molecule has 1 saturated heterocycles. The Bertz CT molecular complexity index is 755. The van der Waals surface area contributed by atoms with E-state index in [0.29, 0.717) is 12.3 Å². The third kappa shape index (κ3) is 3.88.